The molecule has 0 amide bonds. The van der Waals surface area contributed by atoms with Gasteiger partial charge in [0.25, 0.3) is 0 Å². The number of halogens is 1. The van der Waals surface area contributed by atoms with Crippen LogP contribution in [-0.4, -0.2) is 45.8 Å². The number of rotatable bonds is 4. The molecule has 5 nitrogen and oxygen atoms in total. The predicted molar refractivity (Wildman–Crippen MR) is 114 cm³/mol. The number of hydrogen-bond donors (Lipinski definition) is 1. The van der Waals surface area contributed by atoms with Crippen LogP contribution in [-0.2, 0) is 4.74 Å². The van der Waals surface area contributed by atoms with Crippen LogP contribution >= 0.6 is 11.6 Å². The van der Waals surface area contributed by atoms with Gasteiger partial charge < -0.3 is 9.72 Å². The number of hydrogen-bond acceptors (Lipinski definition) is 3. The zero-order valence-corrected chi connectivity index (χ0v) is 18.0. The summed E-state index contributed by atoms with van der Waals surface area (Å²) in [5.41, 5.74) is 3.09. The van der Waals surface area contributed by atoms with Crippen LogP contribution in [0.15, 0.2) is 16.9 Å². The fourth-order valence-corrected chi connectivity index (χ4v) is 5.37. The van der Waals surface area contributed by atoms with E-state index in [2.05, 4.69) is 23.7 Å². The largest absolute Gasteiger partial charge is 0.379 e. The minimum Gasteiger partial charge on any atom is -0.379 e. The Morgan fingerprint density at radius 3 is 2.54 bits per heavy atom. The standard InChI is InChI=1S/C22H32ClN3O2/c1-4-28-17-5-9-22(3,10-6-17)25-11-7-16(8-12-25)26-20-13-15(2)18(23)14-19(20)24-21(26)27/h13-14,16-17H,4-12H2,1-3H3,(H,24,27)/t17-,22-. The van der Waals surface area contributed by atoms with Crippen molar-refractivity contribution in [3.05, 3.63) is 33.2 Å². The molecule has 1 aromatic heterocycles. The Morgan fingerprint density at radius 1 is 1.21 bits per heavy atom. The molecule has 1 aromatic carbocycles. The molecule has 0 spiro atoms. The van der Waals surface area contributed by atoms with E-state index in [1.807, 2.05) is 23.6 Å². The Kier molecular flexibility index (Phi) is 5.60. The van der Waals surface area contributed by atoms with Crippen molar-refractivity contribution in [3.8, 4) is 0 Å². The minimum atomic E-state index is -0.0152. The molecule has 0 radical (unpaired) electrons. The molecule has 1 saturated carbocycles. The summed E-state index contributed by atoms with van der Waals surface area (Å²) in [4.78, 5) is 18.3. The summed E-state index contributed by atoms with van der Waals surface area (Å²) in [5, 5.41) is 0.700. The minimum absolute atomic E-state index is 0.0152. The Bertz CT molecular complexity index is 887. The Morgan fingerprint density at radius 2 is 1.89 bits per heavy atom. The molecule has 154 valence electrons. The third-order valence-electron chi connectivity index (χ3n) is 7.00. The highest BCUT2D eigenvalue weighted by Gasteiger charge is 2.38. The highest BCUT2D eigenvalue weighted by atomic mass is 35.5. The van der Waals surface area contributed by atoms with Crippen LogP contribution in [0.2, 0.25) is 5.02 Å². The summed E-state index contributed by atoms with van der Waals surface area (Å²) >= 11 is 6.24. The van der Waals surface area contributed by atoms with Crippen molar-refractivity contribution in [3.63, 3.8) is 0 Å². The van der Waals surface area contributed by atoms with Gasteiger partial charge in [0.1, 0.15) is 0 Å². The van der Waals surface area contributed by atoms with Gasteiger partial charge in [0.2, 0.25) is 0 Å². The van der Waals surface area contributed by atoms with Crippen LogP contribution in [0.1, 0.15) is 64.0 Å². The maximum absolute atomic E-state index is 12.6. The van der Waals surface area contributed by atoms with E-state index < -0.39 is 0 Å². The first-order chi connectivity index (χ1) is 13.4. The maximum Gasteiger partial charge on any atom is 0.326 e. The molecule has 0 bridgehead atoms. The van der Waals surface area contributed by atoms with Crippen molar-refractivity contribution < 1.29 is 4.74 Å². The van der Waals surface area contributed by atoms with Gasteiger partial charge in [0, 0.05) is 36.3 Å². The number of nitrogens with zero attached hydrogens (tertiary/aromatic N) is 2. The molecular weight excluding hydrogens is 374 g/mol. The topological polar surface area (TPSA) is 50.3 Å². The van der Waals surface area contributed by atoms with Gasteiger partial charge in [-0.2, -0.15) is 0 Å². The van der Waals surface area contributed by atoms with Crippen molar-refractivity contribution in [2.75, 3.05) is 19.7 Å². The van der Waals surface area contributed by atoms with Gasteiger partial charge in [-0.1, -0.05) is 11.6 Å². The van der Waals surface area contributed by atoms with Crippen molar-refractivity contribution in [2.24, 2.45) is 0 Å². The lowest BCUT2D eigenvalue weighted by molar-refractivity contribution is -0.0273. The summed E-state index contributed by atoms with van der Waals surface area (Å²) in [6, 6.07) is 4.16. The Balaban J connectivity index is 1.46. The van der Waals surface area contributed by atoms with Crippen molar-refractivity contribution >= 4 is 22.6 Å². The number of piperidine rings is 1. The van der Waals surface area contributed by atoms with Crippen molar-refractivity contribution in [1.82, 2.24) is 14.5 Å². The SMILES string of the molecule is CCO[C@H]1CC[C@](C)(N2CCC(n3c(=O)[nH]c4cc(Cl)c(C)cc43)CC2)CC1. The van der Waals surface area contributed by atoms with Crippen LogP contribution in [0.4, 0.5) is 0 Å². The second kappa shape index (κ2) is 7.85. The molecule has 2 fully saturated rings. The van der Waals surface area contributed by atoms with E-state index in [1.54, 1.807) is 0 Å². The van der Waals surface area contributed by atoms with E-state index in [0.717, 1.165) is 62.0 Å². The van der Waals surface area contributed by atoms with Crippen LogP contribution in [0.5, 0.6) is 0 Å². The molecule has 28 heavy (non-hydrogen) atoms. The van der Waals surface area contributed by atoms with E-state index in [1.165, 1.54) is 12.8 Å². The number of likely N-dealkylation sites (tertiary alicyclic amines) is 1. The molecule has 6 heteroatoms. The number of aryl methyl sites for hydroxylation is 1. The zero-order chi connectivity index (χ0) is 19.9. The van der Waals surface area contributed by atoms with Gasteiger partial charge in [0.05, 0.1) is 17.1 Å². The van der Waals surface area contributed by atoms with Crippen molar-refractivity contribution in [2.45, 2.75) is 77.0 Å². The first-order valence-corrected chi connectivity index (χ1v) is 11.1. The second-order valence-electron chi connectivity index (χ2n) is 8.79. The predicted octanol–water partition coefficient (Wildman–Crippen LogP) is 4.67. The molecule has 1 aliphatic carbocycles. The third kappa shape index (κ3) is 3.64. The smallest absolute Gasteiger partial charge is 0.326 e. The van der Waals surface area contributed by atoms with Gasteiger partial charge in [-0.3, -0.25) is 9.47 Å². The molecule has 1 aliphatic heterocycles. The average molecular weight is 406 g/mol. The van der Waals surface area contributed by atoms with Crippen molar-refractivity contribution in [1.29, 1.82) is 0 Å². The lowest BCUT2D eigenvalue weighted by Crippen LogP contribution is -2.53. The highest BCUT2D eigenvalue weighted by Crippen LogP contribution is 2.38. The molecule has 2 aromatic rings. The number of aromatic amines is 1. The van der Waals surface area contributed by atoms with Crippen LogP contribution in [0.25, 0.3) is 11.0 Å². The number of ether oxygens (including phenoxy) is 1. The van der Waals surface area contributed by atoms with Crippen LogP contribution in [0.3, 0.4) is 0 Å². The van der Waals surface area contributed by atoms with Gasteiger partial charge >= 0.3 is 5.69 Å². The van der Waals surface area contributed by atoms with Crippen LogP contribution < -0.4 is 5.69 Å². The van der Waals surface area contributed by atoms with Gasteiger partial charge in [-0.25, -0.2) is 4.79 Å². The lowest BCUT2D eigenvalue weighted by Gasteiger charge is -2.48. The van der Waals surface area contributed by atoms with Gasteiger partial charge in [0.15, 0.2) is 0 Å². The number of aromatic nitrogens is 2. The van der Waals surface area contributed by atoms with E-state index in [0.29, 0.717) is 11.1 Å². The second-order valence-corrected chi connectivity index (χ2v) is 9.20. The molecule has 2 aliphatic rings. The van der Waals surface area contributed by atoms with E-state index in [-0.39, 0.29) is 17.3 Å². The number of benzene rings is 1. The zero-order valence-electron chi connectivity index (χ0n) is 17.3. The number of imidazole rings is 1. The van der Waals surface area contributed by atoms with Gasteiger partial charge in [-0.15, -0.1) is 0 Å². The third-order valence-corrected chi connectivity index (χ3v) is 7.41. The van der Waals surface area contributed by atoms with Crippen LogP contribution in [0, 0.1) is 6.92 Å². The maximum atomic E-state index is 12.6. The first kappa shape index (κ1) is 20.0. The molecule has 1 saturated heterocycles. The summed E-state index contributed by atoms with van der Waals surface area (Å²) < 4.78 is 7.79. The summed E-state index contributed by atoms with van der Waals surface area (Å²) in [5.74, 6) is 0. The average Bonchev–Trinajstić information content (AvgIpc) is 2.99. The summed E-state index contributed by atoms with van der Waals surface area (Å²) in [7, 11) is 0. The first-order valence-electron chi connectivity index (χ1n) is 10.7. The van der Waals surface area contributed by atoms with E-state index >= 15 is 0 Å². The fraction of sp³-hybridized carbons (Fsp3) is 0.682. The molecular formula is C22H32ClN3O2. The molecule has 0 atom stereocenters. The number of fused-ring (bicyclic) bond motifs is 1. The van der Waals surface area contributed by atoms with E-state index in [4.69, 9.17) is 16.3 Å². The summed E-state index contributed by atoms with van der Waals surface area (Å²) in [6.45, 7) is 9.40. The number of H-pyrrole nitrogens is 1. The van der Waals surface area contributed by atoms with E-state index in [9.17, 15) is 4.79 Å². The van der Waals surface area contributed by atoms with Gasteiger partial charge in [-0.05, 0) is 77.0 Å². The summed E-state index contributed by atoms with van der Waals surface area (Å²) in [6.07, 6.45) is 7.19. The Hall–Kier alpha value is -1.30. The normalized spacial score (nSPS) is 27.5. The molecule has 4 rings (SSSR count). The fourth-order valence-electron chi connectivity index (χ4n) is 5.21. The molecule has 1 N–H and O–H groups in total. The Labute approximate surface area is 172 Å². The lowest BCUT2D eigenvalue weighted by atomic mass is 9.79. The highest BCUT2D eigenvalue weighted by molar-refractivity contribution is 6.32. The monoisotopic (exact) mass is 405 g/mol. The molecule has 2 heterocycles. The number of nitrogens with one attached hydrogen (secondary N) is 1. The molecule has 0 unspecified atom stereocenters. The quantitative estimate of drug-likeness (QED) is 0.804.